The van der Waals surface area contributed by atoms with Gasteiger partial charge in [-0.1, -0.05) is 24.3 Å². The smallest absolute Gasteiger partial charge is 0.191 e. The Morgan fingerprint density at radius 1 is 1.24 bits per heavy atom. The zero-order valence-corrected chi connectivity index (χ0v) is 16.2. The minimum Gasteiger partial charge on any atom is -0.381 e. The highest BCUT2D eigenvalue weighted by molar-refractivity contribution is 7.92. The minimum absolute atomic E-state index is 0.342. The van der Waals surface area contributed by atoms with Gasteiger partial charge < -0.3 is 15.4 Å². The molecule has 1 heterocycles. The van der Waals surface area contributed by atoms with Crippen molar-refractivity contribution in [2.75, 3.05) is 32.6 Å². The van der Waals surface area contributed by atoms with E-state index in [1.807, 2.05) is 19.1 Å². The Balaban J connectivity index is 2.10. The Morgan fingerprint density at radius 2 is 1.92 bits per heavy atom. The van der Waals surface area contributed by atoms with E-state index in [2.05, 4.69) is 34.7 Å². The van der Waals surface area contributed by atoms with Gasteiger partial charge in [-0.05, 0) is 37.8 Å². The standard InChI is InChI=1S/C18H29N3O3S/c1-4-19-17(20-13-16-8-6-5-7-15(16)2)21-14-18(25(3,22)23)9-11-24-12-10-18/h5-8H,4,9-14H2,1-3H3,(H2,19,20,21). The quantitative estimate of drug-likeness (QED) is 0.590. The number of aliphatic imine (C=N–C) groups is 1. The Labute approximate surface area is 151 Å². The average Bonchev–Trinajstić information content (AvgIpc) is 2.58. The van der Waals surface area contributed by atoms with Crippen LogP contribution in [0.15, 0.2) is 29.3 Å². The van der Waals surface area contributed by atoms with Crippen molar-refractivity contribution in [3.63, 3.8) is 0 Å². The molecule has 0 spiro atoms. The number of guanidine groups is 1. The molecule has 7 heteroatoms. The molecular formula is C18H29N3O3S. The van der Waals surface area contributed by atoms with Gasteiger partial charge in [-0.25, -0.2) is 13.4 Å². The van der Waals surface area contributed by atoms with Crippen LogP contribution < -0.4 is 10.6 Å². The fraction of sp³-hybridized carbons (Fsp3) is 0.611. The molecule has 0 unspecified atom stereocenters. The molecule has 1 aliphatic heterocycles. The fourth-order valence-electron chi connectivity index (χ4n) is 2.96. The van der Waals surface area contributed by atoms with Crippen molar-refractivity contribution in [3.8, 4) is 0 Å². The molecule has 0 aliphatic carbocycles. The van der Waals surface area contributed by atoms with Crippen LogP contribution in [0.2, 0.25) is 0 Å². The molecule has 0 radical (unpaired) electrons. The van der Waals surface area contributed by atoms with E-state index >= 15 is 0 Å². The average molecular weight is 368 g/mol. The van der Waals surface area contributed by atoms with Gasteiger partial charge in [0, 0.05) is 32.6 Å². The number of hydrogen-bond acceptors (Lipinski definition) is 4. The van der Waals surface area contributed by atoms with E-state index in [0.29, 0.717) is 51.6 Å². The SMILES string of the molecule is CCNC(=NCc1ccccc1C)NCC1(S(C)(=O)=O)CCOCC1. The van der Waals surface area contributed by atoms with Crippen molar-refractivity contribution in [3.05, 3.63) is 35.4 Å². The summed E-state index contributed by atoms with van der Waals surface area (Å²) in [5.74, 6) is 0.639. The Bertz CT molecular complexity index is 695. The highest BCUT2D eigenvalue weighted by Gasteiger charge is 2.42. The summed E-state index contributed by atoms with van der Waals surface area (Å²) in [7, 11) is -3.20. The van der Waals surface area contributed by atoms with Gasteiger partial charge in [-0.3, -0.25) is 0 Å². The van der Waals surface area contributed by atoms with Crippen molar-refractivity contribution in [1.82, 2.24) is 10.6 Å². The van der Waals surface area contributed by atoms with Crippen LogP contribution in [-0.4, -0.2) is 51.7 Å². The molecule has 1 aromatic carbocycles. The number of aryl methyl sites for hydroxylation is 1. The molecule has 0 atom stereocenters. The molecule has 1 aliphatic rings. The summed E-state index contributed by atoms with van der Waals surface area (Å²) >= 11 is 0. The van der Waals surface area contributed by atoms with Gasteiger partial charge in [-0.2, -0.15) is 0 Å². The molecule has 1 aromatic rings. The van der Waals surface area contributed by atoms with Gasteiger partial charge in [0.25, 0.3) is 0 Å². The van der Waals surface area contributed by atoms with Crippen LogP contribution >= 0.6 is 0 Å². The zero-order valence-electron chi connectivity index (χ0n) is 15.3. The van der Waals surface area contributed by atoms with Crippen molar-refractivity contribution >= 4 is 15.8 Å². The monoisotopic (exact) mass is 367 g/mol. The van der Waals surface area contributed by atoms with E-state index in [1.165, 1.54) is 11.8 Å². The molecule has 6 nitrogen and oxygen atoms in total. The second-order valence-electron chi connectivity index (χ2n) is 6.54. The van der Waals surface area contributed by atoms with Crippen LogP contribution in [0.3, 0.4) is 0 Å². The lowest BCUT2D eigenvalue weighted by Crippen LogP contribution is -2.53. The first-order valence-electron chi connectivity index (χ1n) is 8.72. The van der Waals surface area contributed by atoms with E-state index in [-0.39, 0.29) is 0 Å². The van der Waals surface area contributed by atoms with Gasteiger partial charge in [0.1, 0.15) is 0 Å². The van der Waals surface area contributed by atoms with Gasteiger partial charge in [0.15, 0.2) is 15.8 Å². The minimum atomic E-state index is -3.20. The summed E-state index contributed by atoms with van der Waals surface area (Å²) < 4.78 is 29.3. The first kappa shape index (κ1) is 19.7. The van der Waals surface area contributed by atoms with Crippen LogP contribution in [0, 0.1) is 6.92 Å². The van der Waals surface area contributed by atoms with E-state index in [1.54, 1.807) is 0 Å². The summed E-state index contributed by atoms with van der Waals surface area (Å²) in [6, 6.07) is 8.12. The second-order valence-corrected chi connectivity index (χ2v) is 8.95. The van der Waals surface area contributed by atoms with Crippen LogP contribution in [-0.2, 0) is 21.1 Å². The number of ether oxygens (including phenoxy) is 1. The normalized spacial score (nSPS) is 18.0. The van der Waals surface area contributed by atoms with Gasteiger partial charge >= 0.3 is 0 Å². The first-order chi connectivity index (χ1) is 11.9. The first-order valence-corrected chi connectivity index (χ1v) is 10.6. The third kappa shape index (κ3) is 5.19. The van der Waals surface area contributed by atoms with Gasteiger partial charge in [0.05, 0.1) is 11.3 Å². The van der Waals surface area contributed by atoms with E-state index in [9.17, 15) is 8.42 Å². The van der Waals surface area contributed by atoms with E-state index in [4.69, 9.17) is 4.74 Å². The summed E-state index contributed by atoms with van der Waals surface area (Å²) in [5, 5.41) is 6.43. The highest BCUT2D eigenvalue weighted by Crippen LogP contribution is 2.28. The molecule has 1 fully saturated rings. The maximum absolute atomic E-state index is 12.3. The number of rotatable bonds is 6. The van der Waals surface area contributed by atoms with Crippen LogP contribution in [0.1, 0.15) is 30.9 Å². The lowest BCUT2D eigenvalue weighted by atomic mass is 9.99. The summed E-state index contributed by atoms with van der Waals surface area (Å²) in [4.78, 5) is 4.61. The molecule has 0 aromatic heterocycles. The summed E-state index contributed by atoms with van der Waals surface area (Å²) in [6.07, 6.45) is 2.34. The van der Waals surface area contributed by atoms with Crippen molar-refractivity contribution < 1.29 is 13.2 Å². The fourth-order valence-corrected chi connectivity index (χ4v) is 4.20. The highest BCUT2D eigenvalue weighted by atomic mass is 32.2. The summed E-state index contributed by atoms with van der Waals surface area (Å²) in [5.41, 5.74) is 2.35. The number of sulfone groups is 1. The zero-order chi connectivity index (χ0) is 18.3. The largest absolute Gasteiger partial charge is 0.381 e. The van der Waals surface area contributed by atoms with E-state index < -0.39 is 14.6 Å². The van der Waals surface area contributed by atoms with Crippen LogP contribution in [0.25, 0.3) is 0 Å². The molecule has 25 heavy (non-hydrogen) atoms. The van der Waals surface area contributed by atoms with Gasteiger partial charge in [-0.15, -0.1) is 0 Å². The number of hydrogen-bond donors (Lipinski definition) is 2. The molecule has 0 bridgehead atoms. The molecule has 0 amide bonds. The Hall–Kier alpha value is -1.60. The predicted octanol–water partition coefficient (Wildman–Crippen LogP) is 1.64. The second kappa shape index (κ2) is 8.67. The van der Waals surface area contributed by atoms with Crippen molar-refractivity contribution in [1.29, 1.82) is 0 Å². The Kier molecular flexibility index (Phi) is 6.84. The number of nitrogens with one attached hydrogen (secondary N) is 2. The summed E-state index contributed by atoms with van der Waals surface area (Å²) in [6.45, 7) is 6.62. The number of benzene rings is 1. The molecule has 0 saturated carbocycles. The molecule has 140 valence electrons. The van der Waals surface area contributed by atoms with E-state index in [0.717, 1.165) is 5.56 Å². The van der Waals surface area contributed by atoms with Crippen molar-refractivity contribution in [2.24, 2.45) is 4.99 Å². The lowest BCUT2D eigenvalue weighted by molar-refractivity contribution is 0.0756. The Morgan fingerprint density at radius 3 is 2.52 bits per heavy atom. The molecule has 2 N–H and O–H groups in total. The van der Waals surface area contributed by atoms with Crippen molar-refractivity contribution in [2.45, 2.75) is 38.0 Å². The topological polar surface area (TPSA) is 79.8 Å². The predicted molar refractivity (Wildman–Crippen MR) is 102 cm³/mol. The maximum Gasteiger partial charge on any atom is 0.191 e. The lowest BCUT2D eigenvalue weighted by Gasteiger charge is -2.35. The third-order valence-corrected chi connectivity index (χ3v) is 6.91. The van der Waals surface area contributed by atoms with Gasteiger partial charge in [0.2, 0.25) is 0 Å². The maximum atomic E-state index is 12.3. The molecular weight excluding hydrogens is 338 g/mol. The van der Waals surface area contributed by atoms with Crippen LogP contribution in [0.5, 0.6) is 0 Å². The molecule has 1 saturated heterocycles. The third-order valence-electron chi connectivity index (χ3n) is 4.78. The molecule has 2 rings (SSSR count). The number of nitrogens with zero attached hydrogens (tertiary/aromatic N) is 1. The van der Waals surface area contributed by atoms with Crippen LogP contribution in [0.4, 0.5) is 0 Å².